The minimum Gasteiger partial charge on any atom is -0.306 e. The van der Waals surface area contributed by atoms with E-state index >= 15 is 0 Å². The van der Waals surface area contributed by atoms with Crippen LogP contribution in [-0.2, 0) is 23.6 Å². The molecule has 3 aliphatic rings. The van der Waals surface area contributed by atoms with Crippen LogP contribution in [0.5, 0.6) is 0 Å². The van der Waals surface area contributed by atoms with Crippen molar-refractivity contribution in [2.75, 3.05) is 11.4 Å². The molecule has 1 aromatic heterocycles. The second-order valence-electron chi connectivity index (χ2n) is 10.3. The van der Waals surface area contributed by atoms with E-state index in [-0.39, 0.29) is 29.0 Å². The fourth-order valence-corrected chi connectivity index (χ4v) is 6.44. The monoisotopic (exact) mass is 522 g/mol. The molecule has 192 valence electrons. The third kappa shape index (κ3) is 4.11. The predicted molar refractivity (Wildman–Crippen MR) is 137 cm³/mol. The van der Waals surface area contributed by atoms with Crippen molar-refractivity contribution in [1.82, 2.24) is 19.4 Å². The van der Waals surface area contributed by atoms with Gasteiger partial charge in [0, 0.05) is 29.9 Å². The highest BCUT2D eigenvalue weighted by Gasteiger charge is 2.44. The summed E-state index contributed by atoms with van der Waals surface area (Å²) in [7, 11) is -2.11. The van der Waals surface area contributed by atoms with E-state index in [0.717, 1.165) is 18.4 Å². The van der Waals surface area contributed by atoms with Crippen molar-refractivity contribution >= 4 is 27.6 Å². The van der Waals surface area contributed by atoms with Gasteiger partial charge < -0.3 is 4.90 Å². The number of fused-ring (bicyclic) bond motifs is 3. The number of aromatic nitrogens is 2. The molecule has 0 unspecified atom stereocenters. The third-order valence-corrected chi connectivity index (χ3v) is 8.76. The number of hydrogen-bond donors (Lipinski definition) is 1. The summed E-state index contributed by atoms with van der Waals surface area (Å²) in [5.41, 5.74) is 2.34. The molecule has 1 saturated carbocycles. The van der Waals surface area contributed by atoms with Crippen LogP contribution in [0.15, 0.2) is 58.7 Å². The van der Waals surface area contributed by atoms with Gasteiger partial charge in [0.15, 0.2) is 0 Å². The van der Waals surface area contributed by atoms with Crippen molar-refractivity contribution in [3.8, 4) is 11.1 Å². The first kappa shape index (κ1) is 23.8. The lowest BCUT2D eigenvalue weighted by Crippen LogP contribution is -2.52. The van der Waals surface area contributed by atoms with Crippen LogP contribution in [0.25, 0.3) is 11.1 Å². The Balaban J connectivity index is 1.55. The molecule has 9 nitrogen and oxygen atoms in total. The van der Waals surface area contributed by atoms with Crippen LogP contribution in [0, 0.1) is 5.82 Å². The molecular weight excluding hydrogens is 495 g/mol. The Morgan fingerprint density at radius 2 is 1.86 bits per heavy atom. The summed E-state index contributed by atoms with van der Waals surface area (Å²) in [4.78, 5) is 22.2. The summed E-state index contributed by atoms with van der Waals surface area (Å²) in [5, 5.41) is 4.21. The van der Waals surface area contributed by atoms with E-state index in [4.69, 9.17) is 0 Å². The number of halogens is 1. The molecule has 0 saturated heterocycles. The maximum atomic E-state index is 14.0. The topological polar surface area (TPSA) is 99.9 Å². The van der Waals surface area contributed by atoms with Crippen molar-refractivity contribution in [3.05, 3.63) is 65.7 Å². The zero-order valence-corrected chi connectivity index (χ0v) is 21.6. The van der Waals surface area contributed by atoms with Crippen LogP contribution in [0.4, 0.5) is 10.1 Å². The Labute approximate surface area is 214 Å². The van der Waals surface area contributed by atoms with E-state index in [1.165, 1.54) is 18.2 Å². The van der Waals surface area contributed by atoms with Gasteiger partial charge in [-0.2, -0.15) is 5.10 Å². The van der Waals surface area contributed by atoms with Gasteiger partial charge in [-0.3, -0.25) is 19.4 Å². The van der Waals surface area contributed by atoms with Crippen LogP contribution < -0.4 is 9.62 Å². The van der Waals surface area contributed by atoms with Crippen LogP contribution in [-0.4, -0.2) is 53.1 Å². The minimum absolute atomic E-state index is 0.000571. The second kappa shape index (κ2) is 8.22. The molecule has 1 atom stereocenters. The standard InChI is InChI=1S/C26H27FN6O3S/c1-16-12-28-25-32(15-17-13-29-31(3)14-17)24(34)22-11-20(37(35,36)30-26(2)8-9-26)10-21(23(22)33(16)25)18-4-6-19(27)7-5-18/h4-7,10-11,13-14,16,30H,8-9,12,15H2,1-3H3/t16-/m1/s1. The lowest BCUT2D eigenvalue weighted by molar-refractivity contribution is 0.0833. The SMILES string of the molecule is C[C@@H]1CN=C2N(Cc3cnn(C)c3)C(=O)c3cc(S(=O)(=O)NC4(C)CC4)cc(-c4ccc(F)cc4)c3N21. The van der Waals surface area contributed by atoms with Gasteiger partial charge >= 0.3 is 0 Å². The fraction of sp³-hybridized carbons (Fsp3) is 0.346. The first-order valence-electron chi connectivity index (χ1n) is 12.2. The summed E-state index contributed by atoms with van der Waals surface area (Å²) in [6.45, 7) is 4.59. The molecule has 0 radical (unpaired) electrons. The lowest BCUT2D eigenvalue weighted by atomic mass is 9.96. The van der Waals surface area contributed by atoms with Gasteiger partial charge in [-0.1, -0.05) is 12.1 Å². The summed E-state index contributed by atoms with van der Waals surface area (Å²) >= 11 is 0. The number of nitrogens with zero attached hydrogens (tertiary/aromatic N) is 5. The Morgan fingerprint density at radius 3 is 2.51 bits per heavy atom. The Hall–Kier alpha value is -3.57. The zero-order valence-electron chi connectivity index (χ0n) is 20.8. The fourth-order valence-electron chi connectivity index (χ4n) is 4.93. The van der Waals surface area contributed by atoms with Crippen LogP contribution >= 0.6 is 0 Å². The van der Waals surface area contributed by atoms with Crippen molar-refractivity contribution in [3.63, 3.8) is 0 Å². The molecule has 6 rings (SSSR count). The van der Waals surface area contributed by atoms with Gasteiger partial charge in [0.1, 0.15) is 5.82 Å². The van der Waals surface area contributed by atoms with E-state index in [0.29, 0.717) is 29.3 Å². The molecule has 1 aliphatic carbocycles. The Bertz CT molecular complexity index is 1560. The molecular formula is C26H27FN6O3S. The highest BCUT2D eigenvalue weighted by Crippen LogP contribution is 2.44. The largest absolute Gasteiger partial charge is 0.306 e. The van der Waals surface area contributed by atoms with E-state index < -0.39 is 21.4 Å². The van der Waals surface area contributed by atoms with Gasteiger partial charge in [0.25, 0.3) is 5.91 Å². The summed E-state index contributed by atoms with van der Waals surface area (Å²) in [6.07, 6.45) is 5.03. The number of carbonyl (C=O) groups excluding carboxylic acids is 1. The van der Waals surface area contributed by atoms with E-state index in [2.05, 4.69) is 14.8 Å². The number of nitrogens with one attached hydrogen (secondary N) is 1. The Kier molecular flexibility index (Phi) is 5.29. The quantitative estimate of drug-likeness (QED) is 0.536. The molecule has 0 bridgehead atoms. The first-order chi connectivity index (χ1) is 17.5. The van der Waals surface area contributed by atoms with Gasteiger partial charge in [0.2, 0.25) is 16.0 Å². The van der Waals surface area contributed by atoms with Gasteiger partial charge in [0.05, 0.1) is 41.5 Å². The summed E-state index contributed by atoms with van der Waals surface area (Å²) < 4.78 is 45.1. The molecule has 2 aromatic carbocycles. The molecule has 37 heavy (non-hydrogen) atoms. The molecule has 11 heteroatoms. The summed E-state index contributed by atoms with van der Waals surface area (Å²) in [5.74, 6) is -0.238. The molecule has 1 N–H and O–H groups in total. The highest BCUT2D eigenvalue weighted by atomic mass is 32.2. The average Bonchev–Trinajstić information content (AvgIpc) is 3.22. The first-order valence-corrected chi connectivity index (χ1v) is 13.6. The number of rotatable bonds is 6. The Morgan fingerprint density at radius 1 is 1.16 bits per heavy atom. The second-order valence-corrected chi connectivity index (χ2v) is 12.0. The number of sulfonamides is 1. The maximum Gasteiger partial charge on any atom is 0.263 e. The number of anilines is 1. The lowest BCUT2D eigenvalue weighted by Gasteiger charge is -2.39. The van der Waals surface area contributed by atoms with Crippen LogP contribution in [0.1, 0.15) is 42.6 Å². The van der Waals surface area contributed by atoms with E-state index in [9.17, 15) is 17.6 Å². The number of hydrogen-bond acceptors (Lipinski definition) is 6. The minimum atomic E-state index is -3.92. The van der Waals surface area contributed by atoms with E-state index in [1.807, 2.05) is 24.9 Å². The van der Waals surface area contributed by atoms with Crippen molar-refractivity contribution < 1.29 is 17.6 Å². The number of guanidine groups is 1. The van der Waals surface area contributed by atoms with Crippen molar-refractivity contribution in [2.24, 2.45) is 12.0 Å². The van der Waals surface area contributed by atoms with Crippen molar-refractivity contribution in [2.45, 2.75) is 49.7 Å². The number of aryl methyl sites for hydroxylation is 1. The summed E-state index contributed by atoms with van der Waals surface area (Å²) in [6, 6.07) is 8.82. The number of carbonyl (C=O) groups is 1. The predicted octanol–water partition coefficient (Wildman–Crippen LogP) is 3.28. The highest BCUT2D eigenvalue weighted by molar-refractivity contribution is 7.89. The molecule has 1 fully saturated rings. The van der Waals surface area contributed by atoms with Crippen molar-refractivity contribution in [1.29, 1.82) is 0 Å². The maximum absolute atomic E-state index is 14.0. The van der Waals surface area contributed by atoms with Crippen LogP contribution in [0.2, 0.25) is 0 Å². The van der Waals surface area contributed by atoms with Gasteiger partial charge in [-0.05, 0) is 56.5 Å². The normalized spacial score (nSPS) is 20.1. The number of amides is 1. The average molecular weight is 523 g/mol. The molecule has 0 spiro atoms. The smallest absolute Gasteiger partial charge is 0.263 e. The molecule has 3 aromatic rings. The van der Waals surface area contributed by atoms with Gasteiger partial charge in [-0.25, -0.2) is 17.5 Å². The van der Waals surface area contributed by atoms with Gasteiger partial charge in [-0.15, -0.1) is 0 Å². The third-order valence-electron chi connectivity index (χ3n) is 7.14. The number of benzene rings is 2. The zero-order chi connectivity index (χ0) is 26.1. The van der Waals surface area contributed by atoms with E-state index in [1.54, 1.807) is 41.0 Å². The molecule has 3 heterocycles. The van der Waals surface area contributed by atoms with Crippen LogP contribution in [0.3, 0.4) is 0 Å². The molecule has 2 aliphatic heterocycles. The number of aliphatic imine (C=N–C) groups is 1. The molecule has 1 amide bonds.